The Balaban J connectivity index is 1.90. The molecular formula is C19H30N4O. The number of likely N-dealkylation sites (tertiary alicyclic amines) is 1. The number of anilines is 1. The Morgan fingerprint density at radius 2 is 1.79 bits per heavy atom. The maximum atomic E-state index is 13.0. The lowest BCUT2D eigenvalue weighted by atomic mass is 10.0. The summed E-state index contributed by atoms with van der Waals surface area (Å²) in [6.45, 7) is 9.23. The van der Waals surface area contributed by atoms with Crippen LogP contribution in [0.1, 0.15) is 81.4 Å². The van der Waals surface area contributed by atoms with Crippen LogP contribution >= 0.6 is 0 Å². The Morgan fingerprint density at radius 3 is 2.46 bits per heavy atom. The molecule has 1 atom stereocenters. The van der Waals surface area contributed by atoms with E-state index in [-0.39, 0.29) is 5.91 Å². The molecular weight excluding hydrogens is 300 g/mol. The van der Waals surface area contributed by atoms with Gasteiger partial charge < -0.3 is 9.80 Å². The normalized spacial score (nSPS) is 22.1. The van der Waals surface area contributed by atoms with Gasteiger partial charge in [0.1, 0.15) is 5.69 Å². The number of hydrogen-bond donors (Lipinski definition) is 0. The van der Waals surface area contributed by atoms with E-state index in [4.69, 9.17) is 4.98 Å². The summed E-state index contributed by atoms with van der Waals surface area (Å²) in [5.41, 5.74) is 1.54. The van der Waals surface area contributed by atoms with Crippen molar-refractivity contribution < 1.29 is 4.79 Å². The van der Waals surface area contributed by atoms with Crippen LogP contribution in [-0.4, -0.2) is 46.5 Å². The molecule has 2 aliphatic rings. The number of aromatic nitrogens is 2. The van der Waals surface area contributed by atoms with Gasteiger partial charge in [0.15, 0.2) is 0 Å². The third-order valence-corrected chi connectivity index (χ3v) is 5.25. The number of amides is 1. The van der Waals surface area contributed by atoms with Crippen LogP contribution in [0.15, 0.2) is 6.07 Å². The summed E-state index contributed by atoms with van der Waals surface area (Å²) < 4.78 is 0. The molecule has 0 radical (unpaired) electrons. The van der Waals surface area contributed by atoms with Gasteiger partial charge in [0.25, 0.3) is 5.91 Å². The van der Waals surface area contributed by atoms with Crippen LogP contribution in [0.5, 0.6) is 0 Å². The maximum Gasteiger partial charge on any atom is 0.272 e. The van der Waals surface area contributed by atoms with Gasteiger partial charge in [0.05, 0.1) is 0 Å². The molecule has 0 aliphatic carbocycles. The summed E-state index contributed by atoms with van der Waals surface area (Å²) in [4.78, 5) is 26.7. The Morgan fingerprint density at radius 1 is 1.08 bits per heavy atom. The zero-order valence-corrected chi connectivity index (χ0v) is 15.3. The zero-order valence-electron chi connectivity index (χ0n) is 15.3. The third-order valence-electron chi connectivity index (χ3n) is 5.25. The van der Waals surface area contributed by atoms with Gasteiger partial charge >= 0.3 is 0 Å². The first-order valence-corrected chi connectivity index (χ1v) is 9.51. The van der Waals surface area contributed by atoms with Crippen LogP contribution < -0.4 is 4.90 Å². The van der Waals surface area contributed by atoms with E-state index in [0.717, 1.165) is 44.1 Å². The minimum absolute atomic E-state index is 0.0739. The monoisotopic (exact) mass is 330 g/mol. The van der Waals surface area contributed by atoms with E-state index in [1.807, 2.05) is 11.0 Å². The van der Waals surface area contributed by atoms with E-state index >= 15 is 0 Å². The molecule has 0 aromatic carbocycles. The Labute approximate surface area is 145 Å². The molecule has 0 N–H and O–H groups in total. The highest BCUT2D eigenvalue weighted by Crippen LogP contribution is 2.23. The largest absolute Gasteiger partial charge is 0.341 e. The molecule has 0 unspecified atom stereocenters. The Bertz CT molecular complexity index is 581. The van der Waals surface area contributed by atoms with Gasteiger partial charge in [0, 0.05) is 31.4 Å². The summed E-state index contributed by atoms with van der Waals surface area (Å²) >= 11 is 0. The van der Waals surface area contributed by atoms with Crippen molar-refractivity contribution in [2.45, 2.75) is 71.3 Å². The molecule has 0 spiro atoms. The van der Waals surface area contributed by atoms with Crippen molar-refractivity contribution in [2.75, 3.05) is 24.5 Å². The topological polar surface area (TPSA) is 49.3 Å². The Kier molecular flexibility index (Phi) is 5.36. The summed E-state index contributed by atoms with van der Waals surface area (Å²) in [6.07, 6.45) is 7.04. The van der Waals surface area contributed by atoms with E-state index in [0.29, 0.717) is 17.7 Å². The summed E-state index contributed by atoms with van der Waals surface area (Å²) in [5, 5.41) is 0. The fraction of sp³-hybridized carbons (Fsp3) is 0.737. The molecule has 3 heterocycles. The summed E-state index contributed by atoms with van der Waals surface area (Å²) in [7, 11) is 0. The molecule has 24 heavy (non-hydrogen) atoms. The second-order valence-corrected chi connectivity index (χ2v) is 7.52. The molecule has 2 saturated heterocycles. The molecule has 5 heteroatoms. The first-order valence-electron chi connectivity index (χ1n) is 9.51. The van der Waals surface area contributed by atoms with Gasteiger partial charge in [-0.25, -0.2) is 9.97 Å². The number of carbonyl (C=O) groups is 1. The first kappa shape index (κ1) is 17.2. The van der Waals surface area contributed by atoms with Crippen LogP contribution in [0, 0.1) is 0 Å². The highest BCUT2D eigenvalue weighted by Gasteiger charge is 2.27. The molecule has 3 rings (SSSR count). The number of hydrogen-bond acceptors (Lipinski definition) is 4. The zero-order chi connectivity index (χ0) is 17.1. The van der Waals surface area contributed by atoms with E-state index in [2.05, 4.69) is 30.7 Å². The van der Waals surface area contributed by atoms with Gasteiger partial charge in [-0.3, -0.25) is 4.79 Å². The molecule has 5 nitrogen and oxygen atoms in total. The maximum absolute atomic E-state index is 13.0. The molecule has 0 saturated carbocycles. The lowest BCUT2D eigenvalue weighted by Crippen LogP contribution is -2.42. The van der Waals surface area contributed by atoms with E-state index in [1.165, 1.54) is 25.7 Å². The van der Waals surface area contributed by atoms with Crippen molar-refractivity contribution in [3.05, 3.63) is 17.5 Å². The highest BCUT2D eigenvalue weighted by molar-refractivity contribution is 5.93. The van der Waals surface area contributed by atoms with Gasteiger partial charge in [-0.1, -0.05) is 13.8 Å². The first-order chi connectivity index (χ1) is 11.6. The smallest absolute Gasteiger partial charge is 0.272 e. The molecule has 1 aromatic rings. The van der Waals surface area contributed by atoms with Crippen LogP contribution in [0.25, 0.3) is 0 Å². The van der Waals surface area contributed by atoms with Crippen molar-refractivity contribution in [3.8, 4) is 0 Å². The van der Waals surface area contributed by atoms with Gasteiger partial charge in [-0.05, 0) is 57.4 Å². The van der Waals surface area contributed by atoms with Crippen molar-refractivity contribution in [1.82, 2.24) is 14.9 Å². The van der Waals surface area contributed by atoms with Crippen molar-refractivity contribution in [1.29, 1.82) is 0 Å². The van der Waals surface area contributed by atoms with E-state index in [1.54, 1.807) is 0 Å². The average molecular weight is 330 g/mol. The number of carbonyl (C=O) groups excluding carboxylic acids is 1. The molecule has 1 amide bonds. The van der Waals surface area contributed by atoms with Gasteiger partial charge in [-0.15, -0.1) is 0 Å². The average Bonchev–Trinajstić information content (AvgIpc) is 2.62. The predicted molar refractivity (Wildman–Crippen MR) is 96.5 cm³/mol. The van der Waals surface area contributed by atoms with Crippen molar-refractivity contribution >= 4 is 11.9 Å². The van der Waals surface area contributed by atoms with Crippen LogP contribution in [-0.2, 0) is 0 Å². The molecule has 132 valence electrons. The second kappa shape index (κ2) is 7.49. The van der Waals surface area contributed by atoms with Crippen LogP contribution in [0.3, 0.4) is 0 Å². The molecule has 2 aliphatic heterocycles. The minimum atomic E-state index is 0.0739. The van der Waals surface area contributed by atoms with E-state index < -0.39 is 0 Å². The number of nitrogens with zero attached hydrogens (tertiary/aromatic N) is 4. The standard InChI is InChI=1S/C19H30N4O/c1-14(2)16-13-17(18(24)23-12-8-5-9-15(23)3)21-19(20-16)22-10-6-4-7-11-22/h13-15H,4-12H2,1-3H3/t15-/m1/s1. The molecule has 2 fully saturated rings. The Hall–Kier alpha value is -1.65. The quantitative estimate of drug-likeness (QED) is 0.849. The summed E-state index contributed by atoms with van der Waals surface area (Å²) in [5.74, 6) is 1.11. The van der Waals surface area contributed by atoms with Crippen LogP contribution in [0.2, 0.25) is 0 Å². The van der Waals surface area contributed by atoms with Gasteiger partial charge in [-0.2, -0.15) is 0 Å². The summed E-state index contributed by atoms with van der Waals surface area (Å²) in [6, 6.07) is 2.21. The SMILES string of the molecule is CC(C)c1cc(C(=O)N2CCCC[C@H]2C)nc(N2CCCCC2)n1. The van der Waals surface area contributed by atoms with Crippen molar-refractivity contribution in [3.63, 3.8) is 0 Å². The lowest BCUT2D eigenvalue weighted by molar-refractivity contribution is 0.0629. The third kappa shape index (κ3) is 3.70. The minimum Gasteiger partial charge on any atom is -0.341 e. The van der Waals surface area contributed by atoms with Crippen molar-refractivity contribution in [2.24, 2.45) is 0 Å². The fourth-order valence-corrected chi connectivity index (χ4v) is 3.64. The van der Waals surface area contributed by atoms with E-state index in [9.17, 15) is 4.79 Å². The highest BCUT2D eigenvalue weighted by atomic mass is 16.2. The lowest BCUT2D eigenvalue weighted by Gasteiger charge is -2.33. The second-order valence-electron chi connectivity index (χ2n) is 7.52. The number of piperidine rings is 2. The predicted octanol–water partition coefficient (Wildman–Crippen LogP) is 3.60. The van der Waals surface area contributed by atoms with Gasteiger partial charge in [0.2, 0.25) is 5.95 Å². The number of rotatable bonds is 3. The fourth-order valence-electron chi connectivity index (χ4n) is 3.64. The molecule has 1 aromatic heterocycles. The van der Waals surface area contributed by atoms with Crippen LogP contribution in [0.4, 0.5) is 5.95 Å². The molecule has 0 bridgehead atoms.